The van der Waals surface area contributed by atoms with Crippen LogP contribution in [0, 0.1) is 5.92 Å². The van der Waals surface area contributed by atoms with Crippen LogP contribution in [0.5, 0.6) is 11.6 Å². The number of likely N-dealkylation sites (tertiary alicyclic amines) is 1. The Morgan fingerprint density at radius 1 is 1.00 bits per heavy atom. The largest absolute Gasteiger partial charge is 0.481 e. The lowest BCUT2D eigenvalue weighted by Crippen LogP contribution is -2.50. The molecule has 0 bridgehead atoms. The predicted octanol–water partition coefficient (Wildman–Crippen LogP) is 5.58. The van der Waals surface area contributed by atoms with E-state index >= 15 is 0 Å². The lowest BCUT2D eigenvalue weighted by Gasteiger charge is -2.38. The number of benzene rings is 1. The molecule has 47 heavy (non-hydrogen) atoms. The van der Waals surface area contributed by atoms with Crippen LogP contribution in [0.1, 0.15) is 38.2 Å². The van der Waals surface area contributed by atoms with Gasteiger partial charge in [-0.05, 0) is 75.0 Å². The highest BCUT2D eigenvalue weighted by Gasteiger charge is 2.24. The number of carbonyl (C=O) groups is 2. The smallest absolute Gasteiger partial charge is 0.406 e. The summed E-state index contributed by atoms with van der Waals surface area (Å²) in [5, 5.41) is 12.5. The highest BCUT2D eigenvalue weighted by Crippen LogP contribution is 2.31. The SMILES string of the molecule is CNC(=O)OCC1CCN(Cc2cc(Oc3cnc(N4CCN(C(C)CCC(=O)O)CC4)nc3)nc(-c3cc(Cl)cc(Cl)c3)c2)CC1. The van der Waals surface area contributed by atoms with Crippen LogP contribution < -0.4 is 15.0 Å². The van der Waals surface area contributed by atoms with E-state index in [-0.39, 0.29) is 12.5 Å². The summed E-state index contributed by atoms with van der Waals surface area (Å²) < 4.78 is 11.5. The number of hydrogen-bond donors (Lipinski definition) is 2. The minimum Gasteiger partial charge on any atom is -0.481 e. The number of piperazine rings is 1. The van der Waals surface area contributed by atoms with Gasteiger partial charge in [0.15, 0.2) is 5.75 Å². The van der Waals surface area contributed by atoms with Crippen LogP contribution in [0.2, 0.25) is 10.0 Å². The number of nitrogens with zero attached hydrogens (tertiary/aromatic N) is 6. The maximum Gasteiger partial charge on any atom is 0.406 e. The van der Waals surface area contributed by atoms with Gasteiger partial charge in [0, 0.05) is 73.9 Å². The van der Waals surface area contributed by atoms with Crippen molar-refractivity contribution in [1.82, 2.24) is 30.1 Å². The first-order chi connectivity index (χ1) is 22.6. The number of hydrogen-bond acceptors (Lipinski definition) is 10. The highest BCUT2D eigenvalue weighted by molar-refractivity contribution is 6.35. The monoisotopic (exact) mass is 685 g/mol. The molecule has 12 nitrogen and oxygen atoms in total. The van der Waals surface area contributed by atoms with Crippen LogP contribution in [0.15, 0.2) is 42.7 Å². The summed E-state index contributed by atoms with van der Waals surface area (Å²) in [5.41, 5.74) is 2.49. The fourth-order valence-electron chi connectivity index (χ4n) is 5.91. The first kappa shape index (κ1) is 34.6. The van der Waals surface area contributed by atoms with Crippen molar-refractivity contribution in [2.75, 3.05) is 57.8 Å². The van der Waals surface area contributed by atoms with Crippen LogP contribution in [-0.4, -0.2) is 101 Å². The first-order valence-corrected chi connectivity index (χ1v) is 16.7. The van der Waals surface area contributed by atoms with Gasteiger partial charge in [-0.2, -0.15) is 0 Å². The molecule has 0 radical (unpaired) electrons. The van der Waals surface area contributed by atoms with Crippen molar-refractivity contribution < 1.29 is 24.2 Å². The second-order valence-corrected chi connectivity index (χ2v) is 12.9. The lowest BCUT2D eigenvalue weighted by atomic mass is 9.97. The number of carboxylic acid groups (broad SMARTS) is 1. The molecule has 1 aromatic carbocycles. The molecule has 2 aromatic heterocycles. The molecule has 1 unspecified atom stereocenters. The number of pyridine rings is 1. The van der Waals surface area contributed by atoms with Gasteiger partial charge in [-0.15, -0.1) is 0 Å². The molecule has 4 heterocycles. The second-order valence-electron chi connectivity index (χ2n) is 12.1. The van der Waals surface area contributed by atoms with E-state index in [2.05, 4.69) is 36.9 Å². The van der Waals surface area contributed by atoms with E-state index in [1.807, 2.05) is 24.3 Å². The van der Waals surface area contributed by atoms with E-state index < -0.39 is 12.1 Å². The van der Waals surface area contributed by atoms with Crippen LogP contribution in [0.4, 0.5) is 10.7 Å². The van der Waals surface area contributed by atoms with Crippen LogP contribution in [-0.2, 0) is 16.1 Å². The topological polar surface area (TPSA) is 133 Å². The Kier molecular flexibility index (Phi) is 12.1. The number of halogens is 2. The van der Waals surface area contributed by atoms with Crippen molar-refractivity contribution in [2.24, 2.45) is 5.92 Å². The number of alkyl carbamates (subject to hydrolysis) is 1. The molecule has 2 N–H and O–H groups in total. The maximum atomic E-state index is 11.5. The molecule has 5 rings (SSSR count). The Morgan fingerprint density at radius 3 is 2.32 bits per heavy atom. The molecule has 0 spiro atoms. The number of ether oxygens (including phenoxy) is 2. The number of aromatic nitrogens is 3. The van der Waals surface area contributed by atoms with Crippen LogP contribution >= 0.6 is 23.2 Å². The molecule has 1 atom stereocenters. The molecule has 2 aliphatic rings. The Hall–Kier alpha value is -3.71. The first-order valence-electron chi connectivity index (χ1n) is 15.9. The number of aliphatic carboxylic acids is 1. The molecule has 3 aromatic rings. The minimum absolute atomic E-state index is 0.175. The van der Waals surface area contributed by atoms with Crippen molar-refractivity contribution in [3.63, 3.8) is 0 Å². The predicted molar refractivity (Wildman–Crippen MR) is 180 cm³/mol. The van der Waals surface area contributed by atoms with Crippen LogP contribution in [0.3, 0.4) is 0 Å². The van der Waals surface area contributed by atoms with E-state index in [0.717, 1.165) is 63.2 Å². The quantitative estimate of drug-likeness (QED) is 0.247. The Bertz CT molecular complexity index is 1490. The number of piperidine rings is 1. The van der Waals surface area contributed by atoms with Gasteiger partial charge in [0.2, 0.25) is 11.8 Å². The van der Waals surface area contributed by atoms with Gasteiger partial charge in [-0.3, -0.25) is 14.6 Å². The summed E-state index contributed by atoms with van der Waals surface area (Å²) in [5.74, 6) is 1.06. The fourth-order valence-corrected chi connectivity index (χ4v) is 6.44. The molecular formula is C33H41Cl2N7O5. The summed E-state index contributed by atoms with van der Waals surface area (Å²) in [6, 6.07) is 9.50. The fraction of sp³-hybridized carbons (Fsp3) is 0.485. The summed E-state index contributed by atoms with van der Waals surface area (Å²) >= 11 is 12.7. The zero-order valence-electron chi connectivity index (χ0n) is 26.7. The summed E-state index contributed by atoms with van der Waals surface area (Å²) in [4.78, 5) is 43.1. The van der Waals surface area contributed by atoms with Crippen molar-refractivity contribution in [3.05, 3.63) is 58.3 Å². The average Bonchev–Trinajstić information content (AvgIpc) is 3.06. The van der Waals surface area contributed by atoms with E-state index in [4.69, 9.17) is 42.8 Å². The molecule has 2 fully saturated rings. The van der Waals surface area contributed by atoms with Gasteiger partial charge in [0.05, 0.1) is 24.7 Å². The maximum absolute atomic E-state index is 11.5. The van der Waals surface area contributed by atoms with Gasteiger partial charge in [0.1, 0.15) is 0 Å². The second kappa shape index (κ2) is 16.4. The number of carbonyl (C=O) groups excluding carboxylic acids is 1. The molecule has 14 heteroatoms. The van der Waals surface area contributed by atoms with Crippen molar-refractivity contribution in [3.8, 4) is 22.9 Å². The number of anilines is 1. The highest BCUT2D eigenvalue weighted by atomic mass is 35.5. The van der Waals surface area contributed by atoms with Gasteiger partial charge >= 0.3 is 12.1 Å². The van der Waals surface area contributed by atoms with Crippen molar-refractivity contribution >= 4 is 41.2 Å². The summed E-state index contributed by atoms with van der Waals surface area (Å²) in [6.07, 6.45) is 5.58. The lowest BCUT2D eigenvalue weighted by molar-refractivity contribution is -0.137. The molecule has 0 aliphatic carbocycles. The van der Waals surface area contributed by atoms with Crippen molar-refractivity contribution in [1.29, 1.82) is 0 Å². The number of carboxylic acids is 1. The number of amides is 1. The van der Waals surface area contributed by atoms with Gasteiger partial charge in [-0.1, -0.05) is 23.2 Å². The summed E-state index contributed by atoms with van der Waals surface area (Å²) in [7, 11) is 1.56. The Morgan fingerprint density at radius 2 is 1.68 bits per heavy atom. The van der Waals surface area contributed by atoms with Gasteiger partial charge in [-0.25, -0.2) is 19.7 Å². The zero-order valence-corrected chi connectivity index (χ0v) is 28.2. The van der Waals surface area contributed by atoms with Crippen LogP contribution in [0.25, 0.3) is 11.3 Å². The van der Waals surface area contributed by atoms with Gasteiger partial charge in [0.25, 0.3) is 0 Å². The molecule has 252 valence electrons. The summed E-state index contributed by atoms with van der Waals surface area (Å²) in [6.45, 7) is 8.09. The molecule has 2 aliphatic heterocycles. The van der Waals surface area contributed by atoms with E-state index in [9.17, 15) is 9.59 Å². The van der Waals surface area contributed by atoms with E-state index in [0.29, 0.717) is 58.8 Å². The molecular weight excluding hydrogens is 645 g/mol. The zero-order chi connectivity index (χ0) is 33.3. The van der Waals surface area contributed by atoms with Crippen molar-refractivity contribution in [2.45, 2.75) is 45.2 Å². The number of rotatable bonds is 12. The third-order valence-corrected chi connectivity index (χ3v) is 9.06. The normalized spacial score (nSPS) is 16.9. The minimum atomic E-state index is -0.763. The average molecular weight is 687 g/mol. The van der Waals surface area contributed by atoms with E-state index in [1.54, 1.807) is 25.5 Å². The third-order valence-electron chi connectivity index (χ3n) is 8.62. The number of nitrogens with one attached hydrogen (secondary N) is 1. The molecule has 2 saturated heterocycles. The Labute approximate surface area is 285 Å². The molecule has 0 saturated carbocycles. The van der Waals surface area contributed by atoms with Gasteiger partial charge < -0.3 is 24.8 Å². The Balaban J connectivity index is 1.24. The van der Waals surface area contributed by atoms with E-state index in [1.165, 1.54) is 0 Å². The molecule has 1 amide bonds. The third kappa shape index (κ3) is 10.1. The standard InChI is InChI=1S/C33H41Cl2N7O5/c1-22(3-4-31(43)44)41-9-11-42(12-10-41)32-37-18-28(19-38-32)47-30-14-24(13-29(39-30)25-15-26(34)17-27(35)16-25)20-40-7-5-23(6-8-40)21-46-33(45)36-2/h13-19,22-23H,3-12,20-21H2,1-2H3,(H,36,45)(H,43,44).